The molecular formula is C12H18ClNO2. The zero-order valence-corrected chi connectivity index (χ0v) is 10.3. The predicted molar refractivity (Wildman–Crippen MR) is 66.3 cm³/mol. The van der Waals surface area contributed by atoms with Gasteiger partial charge in [-0.2, -0.15) is 0 Å². The van der Waals surface area contributed by atoms with Crippen LogP contribution in [-0.2, 0) is 4.74 Å². The maximum absolute atomic E-state index is 5.83. The zero-order chi connectivity index (χ0) is 11.6. The molecule has 90 valence electrons. The molecule has 0 heterocycles. The van der Waals surface area contributed by atoms with Gasteiger partial charge < -0.3 is 14.8 Å². The lowest BCUT2D eigenvalue weighted by atomic mass is 10.3. The van der Waals surface area contributed by atoms with E-state index in [1.54, 1.807) is 7.11 Å². The standard InChI is InChI=1S/C12H18ClNO2/c1-15-8-3-6-14-7-9-16-12-5-2-4-11(13)10-12/h2,4-5,10,14H,3,6-9H2,1H3. The summed E-state index contributed by atoms with van der Waals surface area (Å²) in [6, 6.07) is 7.42. The predicted octanol–water partition coefficient (Wildman–Crippen LogP) is 2.34. The molecule has 0 aliphatic carbocycles. The molecule has 4 heteroatoms. The lowest BCUT2D eigenvalue weighted by molar-refractivity contribution is 0.193. The monoisotopic (exact) mass is 243 g/mol. The van der Waals surface area contributed by atoms with Gasteiger partial charge in [0.2, 0.25) is 0 Å². The van der Waals surface area contributed by atoms with E-state index < -0.39 is 0 Å². The first-order chi connectivity index (χ1) is 7.83. The van der Waals surface area contributed by atoms with E-state index in [4.69, 9.17) is 21.1 Å². The van der Waals surface area contributed by atoms with E-state index in [9.17, 15) is 0 Å². The molecule has 0 aromatic heterocycles. The van der Waals surface area contributed by atoms with E-state index in [1.807, 2.05) is 24.3 Å². The van der Waals surface area contributed by atoms with Crippen molar-refractivity contribution in [1.82, 2.24) is 5.32 Å². The van der Waals surface area contributed by atoms with Crippen molar-refractivity contribution < 1.29 is 9.47 Å². The smallest absolute Gasteiger partial charge is 0.120 e. The number of rotatable bonds is 8. The van der Waals surface area contributed by atoms with Gasteiger partial charge in [-0.1, -0.05) is 17.7 Å². The van der Waals surface area contributed by atoms with Crippen LogP contribution in [0.5, 0.6) is 5.75 Å². The quantitative estimate of drug-likeness (QED) is 0.711. The molecule has 0 saturated carbocycles. The minimum atomic E-state index is 0.646. The number of nitrogens with one attached hydrogen (secondary N) is 1. The Balaban J connectivity index is 2.03. The molecule has 0 saturated heterocycles. The second-order valence-electron chi connectivity index (χ2n) is 3.40. The average molecular weight is 244 g/mol. The summed E-state index contributed by atoms with van der Waals surface area (Å²) in [6.45, 7) is 3.22. The van der Waals surface area contributed by atoms with Gasteiger partial charge in [0, 0.05) is 25.3 Å². The number of hydrogen-bond acceptors (Lipinski definition) is 3. The maximum atomic E-state index is 5.83. The Bertz CT molecular complexity index is 294. The number of hydrogen-bond donors (Lipinski definition) is 1. The molecule has 0 radical (unpaired) electrons. The summed E-state index contributed by atoms with van der Waals surface area (Å²) in [5.41, 5.74) is 0. The van der Waals surface area contributed by atoms with Crippen LogP contribution in [0.4, 0.5) is 0 Å². The number of ether oxygens (including phenoxy) is 2. The third kappa shape index (κ3) is 5.95. The van der Waals surface area contributed by atoms with Gasteiger partial charge in [0.25, 0.3) is 0 Å². The molecule has 16 heavy (non-hydrogen) atoms. The second kappa shape index (κ2) is 8.39. The van der Waals surface area contributed by atoms with Gasteiger partial charge in [-0.15, -0.1) is 0 Å². The van der Waals surface area contributed by atoms with Gasteiger partial charge in [0.15, 0.2) is 0 Å². The van der Waals surface area contributed by atoms with E-state index >= 15 is 0 Å². The molecule has 0 spiro atoms. The van der Waals surface area contributed by atoms with Crippen LogP contribution in [0, 0.1) is 0 Å². The topological polar surface area (TPSA) is 30.5 Å². The molecule has 3 nitrogen and oxygen atoms in total. The SMILES string of the molecule is COCCCNCCOc1cccc(Cl)c1. The van der Waals surface area contributed by atoms with Crippen molar-refractivity contribution in [2.75, 3.05) is 33.4 Å². The van der Waals surface area contributed by atoms with Crippen molar-refractivity contribution in [3.05, 3.63) is 29.3 Å². The van der Waals surface area contributed by atoms with Crippen molar-refractivity contribution in [3.63, 3.8) is 0 Å². The zero-order valence-electron chi connectivity index (χ0n) is 9.54. The van der Waals surface area contributed by atoms with E-state index in [0.29, 0.717) is 11.6 Å². The average Bonchev–Trinajstić information content (AvgIpc) is 2.28. The molecule has 0 aliphatic heterocycles. The molecule has 1 N–H and O–H groups in total. The van der Waals surface area contributed by atoms with Crippen molar-refractivity contribution in [1.29, 1.82) is 0 Å². The Morgan fingerprint density at radius 3 is 2.88 bits per heavy atom. The molecule has 1 aromatic rings. The van der Waals surface area contributed by atoms with Crippen LogP contribution in [0.1, 0.15) is 6.42 Å². The van der Waals surface area contributed by atoms with Gasteiger partial charge in [-0.3, -0.25) is 0 Å². The first kappa shape index (κ1) is 13.3. The summed E-state index contributed by atoms with van der Waals surface area (Å²) < 4.78 is 10.5. The van der Waals surface area contributed by atoms with Crippen molar-refractivity contribution >= 4 is 11.6 Å². The first-order valence-corrected chi connectivity index (χ1v) is 5.79. The summed E-state index contributed by atoms with van der Waals surface area (Å²) in [6.07, 6.45) is 1.02. The van der Waals surface area contributed by atoms with Crippen LogP contribution in [0.2, 0.25) is 5.02 Å². The van der Waals surface area contributed by atoms with Gasteiger partial charge in [-0.05, 0) is 31.2 Å². The van der Waals surface area contributed by atoms with Crippen LogP contribution in [0.15, 0.2) is 24.3 Å². The highest BCUT2D eigenvalue weighted by molar-refractivity contribution is 6.30. The molecule has 0 bridgehead atoms. The van der Waals surface area contributed by atoms with Crippen LogP contribution in [-0.4, -0.2) is 33.4 Å². The lowest BCUT2D eigenvalue weighted by Crippen LogP contribution is -2.22. The molecule has 0 aliphatic rings. The fourth-order valence-corrected chi connectivity index (χ4v) is 1.44. The van der Waals surface area contributed by atoms with Crippen LogP contribution in [0.3, 0.4) is 0 Å². The van der Waals surface area contributed by atoms with Gasteiger partial charge in [0.05, 0.1) is 0 Å². The van der Waals surface area contributed by atoms with Gasteiger partial charge in [-0.25, -0.2) is 0 Å². The molecule has 0 fully saturated rings. The van der Waals surface area contributed by atoms with Crippen LogP contribution < -0.4 is 10.1 Å². The Hall–Kier alpha value is -0.770. The van der Waals surface area contributed by atoms with Crippen molar-refractivity contribution in [2.24, 2.45) is 0 Å². The Morgan fingerprint density at radius 2 is 2.12 bits per heavy atom. The number of halogens is 1. The largest absolute Gasteiger partial charge is 0.492 e. The molecule has 1 aromatic carbocycles. The highest BCUT2D eigenvalue weighted by Crippen LogP contribution is 2.16. The normalized spacial score (nSPS) is 10.4. The number of benzene rings is 1. The maximum Gasteiger partial charge on any atom is 0.120 e. The molecule has 0 atom stereocenters. The van der Waals surface area contributed by atoms with E-state index in [1.165, 1.54) is 0 Å². The minimum Gasteiger partial charge on any atom is -0.492 e. The van der Waals surface area contributed by atoms with Gasteiger partial charge >= 0.3 is 0 Å². The van der Waals surface area contributed by atoms with Gasteiger partial charge in [0.1, 0.15) is 12.4 Å². The van der Waals surface area contributed by atoms with Crippen molar-refractivity contribution in [2.45, 2.75) is 6.42 Å². The summed E-state index contributed by atoms with van der Waals surface area (Å²) in [7, 11) is 1.71. The first-order valence-electron chi connectivity index (χ1n) is 5.41. The molecular weight excluding hydrogens is 226 g/mol. The van der Waals surface area contributed by atoms with E-state index in [2.05, 4.69) is 5.32 Å². The Labute approximate surface area is 102 Å². The Kier molecular flexibility index (Phi) is 6.97. The third-order valence-corrected chi connectivity index (χ3v) is 2.28. The Morgan fingerprint density at radius 1 is 1.25 bits per heavy atom. The highest BCUT2D eigenvalue weighted by Gasteiger charge is 1.94. The molecule has 0 amide bonds. The molecule has 0 unspecified atom stereocenters. The fraction of sp³-hybridized carbons (Fsp3) is 0.500. The number of methoxy groups -OCH3 is 1. The highest BCUT2D eigenvalue weighted by atomic mass is 35.5. The van der Waals surface area contributed by atoms with E-state index in [0.717, 1.165) is 31.9 Å². The summed E-state index contributed by atoms with van der Waals surface area (Å²) in [4.78, 5) is 0. The van der Waals surface area contributed by atoms with Crippen LogP contribution >= 0.6 is 11.6 Å². The lowest BCUT2D eigenvalue weighted by Gasteiger charge is -2.07. The van der Waals surface area contributed by atoms with E-state index in [-0.39, 0.29) is 0 Å². The van der Waals surface area contributed by atoms with Crippen molar-refractivity contribution in [3.8, 4) is 5.75 Å². The summed E-state index contributed by atoms with van der Waals surface area (Å²) in [5, 5.41) is 3.97. The molecule has 1 rings (SSSR count). The third-order valence-electron chi connectivity index (χ3n) is 2.05. The second-order valence-corrected chi connectivity index (χ2v) is 3.84. The fourth-order valence-electron chi connectivity index (χ4n) is 1.26. The van der Waals surface area contributed by atoms with Crippen LogP contribution in [0.25, 0.3) is 0 Å². The summed E-state index contributed by atoms with van der Waals surface area (Å²) in [5.74, 6) is 0.811. The summed E-state index contributed by atoms with van der Waals surface area (Å²) >= 11 is 5.83. The minimum absolute atomic E-state index is 0.646.